The standard InChI is InChI=1S/C43H27N2PS.C34H22N3PS.C32H20N5P.H2S/c47-46(32-21-19-28-9-1-2-11-31(28)25-32,33-22-20-30-18-17-29-10-3-4-12-35(29)38(30)26-33)34-23-24-36-37-13-5-7-15-41(37)45-42-16-8-6-14-40(42)44-43(45)39(36)27-34;39-38(24-11-2-1-3-12-24,26-20-23-10-4-6-14-30(23)35-22-26)25-18-19-27-28-13-5-8-16-32(28)37-33-17-9-7-15-31(33)36-34(37)29(27)21-25;1-3-7-30-26(5-1)25-12-11-23(17-27(25)32-36-28-6-2-4-8-31(28)37(30)32)38(22-13-15-33-16-14-22)24-10-9-21-19-34-20-35-29(21)18-24;/h1-27H;1-22H;1-20H;1H2. The zero-order chi connectivity index (χ0) is 82.1. The molecule has 10 nitrogen and oxygen atoms in total. The van der Waals surface area contributed by atoms with Gasteiger partial charge in [0.1, 0.15) is 23.3 Å². The molecule has 9 aromatic heterocycles. The van der Waals surface area contributed by atoms with Gasteiger partial charge in [-0.15, -0.1) is 0 Å². The lowest BCUT2D eigenvalue weighted by Crippen LogP contribution is -2.25. The normalized spacial score (nSPS) is 13.1. The molecule has 3 unspecified atom stereocenters. The number of hydrogen-bond acceptors (Lipinski definition) is 9. The topological polar surface area (TPSA) is 103 Å². The molecular weight excluding hydrogens is 1640 g/mol. The van der Waals surface area contributed by atoms with Crippen LogP contribution in [-0.2, 0) is 23.6 Å². The molecule has 0 amide bonds. The van der Waals surface area contributed by atoms with Gasteiger partial charge in [-0.1, -0.05) is 297 Å². The number of rotatable bonds is 9. The van der Waals surface area contributed by atoms with Gasteiger partial charge in [-0.05, 0) is 214 Å². The minimum atomic E-state index is -2.54. The van der Waals surface area contributed by atoms with E-state index < -0.39 is 20.0 Å². The predicted octanol–water partition coefficient (Wildman–Crippen LogP) is 23.1. The Morgan fingerprint density at radius 2 is 0.616 bits per heavy atom. The maximum Gasteiger partial charge on any atom is 0.146 e. The monoisotopic (exact) mass is 1710 g/mol. The van der Waals surface area contributed by atoms with Crippen molar-refractivity contribution in [3.05, 3.63) is 419 Å². The summed E-state index contributed by atoms with van der Waals surface area (Å²) in [5.74, 6) is 0. The number of nitrogens with zero attached hydrogens (tertiary/aromatic N) is 10. The van der Waals surface area contributed by atoms with Crippen LogP contribution in [0.1, 0.15) is 0 Å². The Hall–Kier alpha value is -14.1. The SMILES string of the molecule is S.S=P(c1ccc2ccccc2c1)(c1ccc2ccc3ccccc3c2c1)c1ccc2c3ccccc3n3c4ccccc4nc3c2c1.S=P(c1ccccc1)(c1cnc2ccccc2c1)c1ccc2c3ccccc3n3c4ccccc4nc3c2c1.c1ccc2c(c1)nc1c3cc(P(c4ccncc4)c4ccc5cncnc5c4)ccc3c3ccccc3n21. The molecule has 0 radical (unpaired) electrons. The van der Waals surface area contributed by atoms with Gasteiger partial charge in [0.05, 0.1) is 60.7 Å². The van der Waals surface area contributed by atoms with E-state index in [2.05, 4.69) is 392 Å². The van der Waals surface area contributed by atoms with Crippen LogP contribution in [-0.4, -0.2) is 48.1 Å². The lowest BCUT2D eigenvalue weighted by atomic mass is 10.0. The van der Waals surface area contributed by atoms with Crippen LogP contribution in [0.3, 0.4) is 0 Å². The molecule has 590 valence electrons. The average molecular weight is 1710 g/mol. The first-order valence-electron chi connectivity index (χ1n) is 41.3. The summed E-state index contributed by atoms with van der Waals surface area (Å²) < 4.78 is 6.91. The van der Waals surface area contributed by atoms with Gasteiger partial charge in [0.2, 0.25) is 0 Å². The molecule has 17 aromatic carbocycles. The summed E-state index contributed by atoms with van der Waals surface area (Å²) in [5, 5.41) is 30.8. The lowest BCUT2D eigenvalue weighted by molar-refractivity contribution is 1.22. The van der Waals surface area contributed by atoms with E-state index in [0.717, 1.165) is 115 Å². The fraction of sp³-hybridized carbons (Fsp3) is 0. The number of imidazole rings is 3. The molecular formula is C109H71N10P3S3. The van der Waals surface area contributed by atoms with Crippen LogP contribution in [0.4, 0.5) is 0 Å². The van der Waals surface area contributed by atoms with Crippen LogP contribution in [0.5, 0.6) is 0 Å². The summed E-state index contributed by atoms with van der Waals surface area (Å²) in [7, 11) is -0.852. The fourth-order valence-corrected chi connectivity index (χ4v) is 28.4. The second-order valence-electron chi connectivity index (χ2n) is 31.5. The van der Waals surface area contributed by atoms with E-state index in [1.807, 2.05) is 49.1 Å². The Bertz CT molecular complexity index is 9030. The van der Waals surface area contributed by atoms with E-state index in [9.17, 15) is 0 Å². The van der Waals surface area contributed by atoms with Crippen molar-refractivity contribution in [2.75, 3.05) is 0 Å². The van der Waals surface area contributed by atoms with Gasteiger partial charge in [-0.25, -0.2) is 24.9 Å². The molecule has 3 atom stereocenters. The molecule has 0 saturated heterocycles. The maximum absolute atomic E-state index is 7.08. The van der Waals surface area contributed by atoms with E-state index in [0.29, 0.717) is 0 Å². The third-order valence-corrected chi connectivity index (χ3v) is 36.8. The third kappa shape index (κ3) is 12.5. The lowest BCUT2D eigenvalue weighted by Gasteiger charge is -2.26. The summed E-state index contributed by atoms with van der Waals surface area (Å²) in [6, 6.07) is 134. The molecule has 0 bridgehead atoms. The summed E-state index contributed by atoms with van der Waals surface area (Å²) >= 11 is 13.8. The van der Waals surface area contributed by atoms with Crippen molar-refractivity contribution in [2.24, 2.45) is 0 Å². The average Bonchev–Trinajstić information content (AvgIpc) is 1.54. The molecule has 0 fully saturated rings. The summed E-state index contributed by atoms with van der Waals surface area (Å²) in [6.45, 7) is 0. The molecule has 0 spiro atoms. The molecule has 0 aliphatic carbocycles. The van der Waals surface area contributed by atoms with Crippen molar-refractivity contribution in [2.45, 2.75) is 0 Å². The molecule has 16 heteroatoms. The van der Waals surface area contributed by atoms with Crippen molar-refractivity contribution in [3.63, 3.8) is 0 Å². The molecule has 26 rings (SSSR count). The van der Waals surface area contributed by atoms with Gasteiger partial charge >= 0.3 is 0 Å². The quantitative estimate of drug-likeness (QED) is 0.103. The van der Waals surface area contributed by atoms with Crippen LogP contribution in [0, 0.1) is 0 Å². The number of para-hydroxylation sites is 10. The van der Waals surface area contributed by atoms with Crippen LogP contribution < -0.4 is 47.7 Å². The Kier molecular flexibility index (Phi) is 18.7. The molecule has 26 aromatic rings. The Morgan fingerprint density at radius 1 is 0.224 bits per heavy atom. The smallest absolute Gasteiger partial charge is 0.146 e. The van der Waals surface area contributed by atoms with Crippen LogP contribution in [0.15, 0.2) is 419 Å². The second kappa shape index (κ2) is 30.7. The summed E-state index contributed by atoms with van der Waals surface area (Å²) in [5.41, 5.74) is 14.6. The van der Waals surface area contributed by atoms with Gasteiger partial charge in [0, 0.05) is 85.3 Å². The van der Waals surface area contributed by atoms with Crippen molar-refractivity contribution >= 4 is 274 Å². The minimum absolute atomic E-state index is 0. The number of pyridine rings is 5. The number of hydrogen-bond donors (Lipinski definition) is 0. The predicted molar refractivity (Wildman–Crippen MR) is 543 cm³/mol. The summed E-state index contributed by atoms with van der Waals surface area (Å²) in [6.07, 6.45) is 9.22. The van der Waals surface area contributed by atoms with E-state index in [4.69, 9.17) is 43.5 Å². The Balaban J connectivity index is 0.000000108. The van der Waals surface area contributed by atoms with Crippen molar-refractivity contribution in [1.29, 1.82) is 0 Å². The first kappa shape index (κ1) is 75.8. The Labute approximate surface area is 735 Å². The van der Waals surface area contributed by atoms with Gasteiger partial charge in [-0.2, -0.15) is 13.5 Å². The number of benzene rings is 17. The molecule has 0 aliphatic heterocycles. The largest absolute Gasteiger partial charge is 0.292 e. The van der Waals surface area contributed by atoms with Crippen LogP contribution in [0.25, 0.3) is 169 Å². The molecule has 125 heavy (non-hydrogen) atoms. The van der Waals surface area contributed by atoms with Crippen molar-refractivity contribution in [3.8, 4) is 0 Å². The third-order valence-electron chi connectivity index (χ3n) is 24.6. The molecule has 0 aliphatic rings. The van der Waals surface area contributed by atoms with Gasteiger partial charge in [-0.3, -0.25) is 23.2 Å². The first-order chi connectivity index (χ1) is 61.2. The number of fused-ring (bicyclic) bond motifs is 30. The first-order valence-corrected chi connectivity index (χ1v) is 48.3. The highest BCUT2D eigenvalue weighted by Gasteiger charge is 2.31. The summed E-state index contributed by atoms with van der Waals surface area (Å²) in [4.78, 5) is 33.3. The van der Waals surface area contributed by atoms with Gasteiger partial charge < -0.3 is 0 Å². The van der Waals surface area contributed by atoms with E-state index in [-0.39, 0.29) is 13.5 Å². The highest BCUT2D eigenvalue weighted by molar-refractivity contribution is 8.26. The van der Waals surface area contributed by atoms with E-state index in [1.165, 1.54) is 102 Å². The molecule has 9 heterocycles. The number of aromatic nitrogens is 10. The molecule has 0 saturated carbocycles. The zero-order valence-corrected chi connectivity index (χ0v) is 72.3. The van der Waals surface area contributed by atoms with Gasteiger partial charge in [0.25, 0.3) is 0 Å². The van der Waals surface area contributed by atoms with Crippen LogP contribution >= 0.6 is 33.5 Å². The van der Waals surface area contributed by atoms with E-state index >= 15 is 0 Å². The van der Waals surface area contributed by atoms with Crippen molar-refractivity contribution < 1.29 is 0 Å². The Morgan fingerprint density at radius 3 is 1.19 bits per heavy atom. The molecule has 0 N–H and O–H groups in total. The highest BCUT2D eigenvalue weighted by atomic mass is 32.4. The van der Waals surface area contributed by atoms with Crippen molar-refractivity contribution in [1.82, 2.24) is 48.1 Å². The van der Waals surface area contributed by atoms with Crippen LogP contribution in [0.2, 0.25) is 0 Å². The zero-order valence-electron chi connectivity index (χ0n) is 67.0. The maximum atomic E-state index is 7.08. The fourth-order valence-electron chi connectivity index (χ4n) is 18.8. The van der Waals surface area contributed by atoms with E-state index in [1.54, 1.807) is 6.33 Å². The minimum Gasteiger partial charge on any atom is -0.292 e. The highest BCUT2D eigenvalue weighted by Crippen LogP contribution is 2.49. The van der Waals surface area contributed by atoms with Gasteiger partial charge in [0.15, 0.2) is 0 Å². The second-order valence-corrected chi connectivity index (χ2v) is 42.5.